The van der Waals surface area contributed by atoms with Crippen LogP contribution in [0.15, 0.2) is 54.6 Å². The van der Waals surface area contributed by atoms with Crippen molar-refractivity contribution in [3.05, 3.63) is 60.2 Å². The van der Waals surface area contributed by atoms with E-state index in [1.54, 1.807) is 0 Å². The molecular formula is C24H32O3. The van der Waals surface area contributed by atoms with Gasteiger partial charge in [0, 0.05) is 24.7 Å². The number of Topliss-reactive ketones (excluding diaryl/α,β-unsaturated/α-hetero) is 1. The van der Waals surface area contributed by atoms with Crippen LogP contribution in [0.1, 0.15) is 57.4 Å². The Morgan fingerprint density at radius 3 is 2.70 bits per heavy atom. The molecule has 0 amide bonds. The first kappa shape index (κ1) is 20.0. The van der Waals surface area contributed by atoms with Gasteiger partial charge in [0.15, 0.2) is 0 Å². The number of rotatable bonds is 9. The number of carbonyl (C=O) groups excluding carboxylic acids is 1. The van der Waals surface area contributed by atoms with E-state index in [1.807, 2.05) is 37.3 Å². The Morgan fingerprint density at radius 2 is 1.96 bits per heavy atom. The summed E-state index contributed by atoms with van der Waals surface area (Å²) < 4.78 is 6.14. The summed E-state index contributed by atoms with van der Waals surface area (Å²) in [5.41, 5.74) is 1.15. The quantitative estimate of drug-likeness (QED) is 0.636. The predicted molar refractivity (Wildman–Crippen MR) is 109 cm³/mol. The van der Waals surface area contributed by atoms with E-state index in [1.165, 1.54) is 0 Å². The molecule has 2 heterocycles. The number of hydrogen-bond acceptors (Lipinski definition) is 3. The second-order valence-corrected chi connectivity index (χ2v) is 7.91. The van der Waals surface area contributed by atoms with Crippen molar-refractivity contribution in [2.24, 2.45) is 11.8 Å². The van der Waals surface area contributed by atoms with Gasteiger partial charge in [-0.15, -0.1) is 0 Å². The first-order valence-electron chi connectivity index (χ1n) is 10.3. The molecule has 2 bridgehead atoms. The molecule has 1 aromatic rings. The summed E-state index contributed by atoms with van der Waals surface area (Å²) in [5, 5.41) is 10.6. The zero-order valence-corrected chi connectivity index (χ0v) is 16.5. The summed E-state index contributed by atoms with van der Waals surface area (Å²) in [6, 6.07) is 10.1. The van der Waals surface area contributed by atoms with E-state index in [9.17, 15) is 9.90 Å². The smallest absolute Gasteiger partial charge is 0.136 e. The lowest BCUT2D eigenvalue weighted by Gasteiger charge is -2.25. The average molecular weight is 369 g/mol. The van der Waals surface area contributed by atoms with Crippen molar-refractivity contribution in [3.8, 4) is 0 Å². The third-order valence-electron chi connectivity index (χ3n) is 6.17. The average Bonchev–Trinajstić information content (AvgIpc) is 3.31. The molecule has 1 aromatic carbocycles. The van der Waals surface area contributed by atoms with Crippen molar-refractivity contribution in [2.45, 2.75) is 70.2 Å². The SMILES string of the molecule is CCC(=O)CC=CC[C@@H]1[C@H](C=CC(O)C(C)c2ccccc2)[C@@H]2CC[C@H]1O2. The molecule has 3 nitrogen and oxygen atoms in total. The minimum absolute atomic E-state index is 0.0698. The van der Waals surface area contributed by atoms with Gasteiger partial charge in [0.2, 0.25) is 0 Å². The molecule has 2 aliphatic rings. The number of ether oxygens (including phenoxy) is 1. The fourth-order valence-corrected chi connectivity index (χ4v) is 4.36. The lowest BCUT2D eigenvalue weighted by molar-refractivity contribution is -0.117. The van der Waals surface area contributed by atoms with Crippen LogP contribution in [0.25, 0.3) is 0 Å². The van der Waals surface area contributed by atoms with Gasteiger partial charge in [0.05, 0.1) is 18.3 Å². The number of ketones is 1. The zero-order valence-electron chi connectivity index (χ0n) is 16.5. The molecule has 0 spiro atoms. The Kier molecular flexibility index (Phi) is 7.03. The maximum Gasteiger partial charge on any atom is 0.136 e. The van der Waals surface area contributed by atoms with Crippen LogP contribution in [0.5, 0.6) is 0 Å². The third-order valence-corrected chi connectivity index (χ3v) is 6.17. The van der Waals surface area contributed by atoms with E-state index in [4.69, 9.17) is 4.74 Å². The van der Waals surface area contributed by atoms with Gasteiger partial charge in [0.25, 0.3) is 0 Å². The van der Waals surface area contributed by atoms with Gasteiger partial charge < -0.3 is 9.84 Å². The Hall–Kier alpha value is -1.71. The largest absolute Gasteiger partial charge is 0.388 e. The molecular weight excluding hydrogens is 336 g/mol. The van der Waals surface area contributed by atoms with Crippen LogP contribution in [0.3, 0.4) is 0 Å². The van der Waals surface area contributed by atoms with Gasteiger partial charge in [-0.05, 0) is 30.7 Å². The van der Waals surface area contributed by atoms with Crippen molar-refractivity contribution in [1.82, 2.24) is 0 Å². The van der Waals surface area contributed by atoms with E-state index >= 15 is 0 Å². The maximum atomic E-state index is 11.4. The zero-order chi connectivity index (χ0) is 19.2. The van der Waals surface area contributed by atoms with Crippen LogP contribution in [-0.4, -0.2) is 29.2 Å². The number of hydrogen-bond donors (Lipinski definition) is 1. The van der Waals surface area contributed by atoms with Crippen molar-refractivity contribution in [2.75, 3.05) is 0 Å². The summed E-state index contributed by atoms with van der Waals surface area (Å²) in [6.07, 6.45) is 12.7. The Labute approximate surface area is 163 Å². The van der Waals surface area contributed by atoms with Gasteiger partial charge in [-0.2, -0.15) is 0 Å². The van der Waals surface area contributed by atoms with E-state index in [0.717, 1.165) is 24.8 Å². The molecule has 0 saturated carbocycles. The standard InChI is InChI=1S/C24H32O3/c1-3-19(25)11-7-8-12-20-21(24-16-15-23(20)27-24)13-14-22(26)17(2)18-9-5-4-6-10-18/h4-10,13-14,17,20-24,26H,3,11-12,15-16H2,1-2H3/t17?,20-,21+,22?,23-,24+/m1/s1. The molecule has 2 aliphatic heterocycles. The van der Waals surface area contributed by atoms with Crippen molar-refractivity contribution in [3.63, 3.8) is 0 Å². The van der Waals surface area contributed by atoms with Crippen LogP contribution in [0.4, 0.5) is 0 Å². The normalized spacial score (nSPS) is 29.6. The number of carbonyl (C=O) groups is 1. The van der Waals surface area contributed by atoms with Gasteiger partial charge in [-0.3, -0.25) is 4.79 Å². The highest BCUT2D eigenvalue weighted by Gasteiger charge is 2.46. The molecule has 0 radical (unpaired) electrons. The molecule has 3 rings (SSSR count). The number of benzene rings is 1. The molecule has 2 saturated heterocycles. The number of aliphatic hydroxyl groups is 1. The molecule has 0 aromatic heterocycles. The fraction of sp³-hybridized carbons (Fsp3) is 0.542. The molecule has 3 heteroatoms. The van der Waals surface area contributed by atoms with E-state index < -0.39 is 6.10 Å². The molecule has 0 aliphatic carbocycles. The topological polar surface area (TPSA) is 46.5 Å². The van der Waals surface area contributed by atoms with Crippen molar-refractivity contribution in [1.29, 1.82) is 0 Å². The molecule has 27 heavy (non-hydrogen) atoms. The summed E-state index contributed by atoms with van der Waals surface area (Å²) in [7, 11) is 0. The molecule has 2 unspecified atom stereocenters. The van der Waals surface area contributed by atoms with Crippen LogP contribution in [0.2, 0.25) is 0 Å². The van der Waals surface area contributed by atoms with Gasteiger partial charge in [0.1, 0.15) is 5.78 Å². The van der Waals surface area contributed by atoms with Gasteiger partial charge in [-0.25, -0.2) is 0 Å². The van der Waals surface area contributed by atoms with Gasteiger partial charge >= 0.3 is 0 Å². The van der Waals surface area contributed by atoms with E-state index in [2.05, 4.69) is 31.2 Å². The van der Waals surface area contributed by atoms with Crippen LogP contribution in [-0.2, 0) is 9.53 Å². The summed E-state index contributed by atoms with van der Waals surface area (Å²) >= 11 is 0. The lowest BCUT2D eigenvalue weighted by Crippen LogP contribution is -2.26. The molecule has 1 N–H and O–H groups in total. The van der Waals surface area contributed by atoms with Gasteiger partial charge in [-0.1, -0.05) is 68.5 Å². The second-order valence-electron chi connectivity index (χ2n) is 7.91. The van der Waals surface area contributed by atoms with Crippen LogP contribution >= 0.6 is 0 Å². The monoisotopic (exact) mass is 368 g/mol. The highest BCUT2D eigenvalue weighted by molar-refractivity contribution is 5.79. The summed E-state index contributed by atoms with van der Waals surface area (Å²) in [5.74, 6) is 1.16. The Morgan fingerprint density at radius 1 is 1.22 bits per heavy atom. The summed E-state index contributed by atoms with van der Waals surface area (Å²) in [6.45, 7) is 3.97. The van der Waals surface area contributed by atoms with E-state index in [0.29, 0.717) is 30.8 Å². The van der Waals surface area contributed by atoms with Crippen LogP contribution < -0.4 is 0 Å². The molecule has 6 atom stereocenters. The third kappa shape index (κ3) is 4.97. The number of fused-ring (bicyclic) bond motifs is 2. The summed E-state index contributed by atoms with van der Waals surface area (Å²) in [4.78, 5) is 11.4. The number of aliphatic hydroxyl groups excluding tert-OH is 1. The maximum absolute atomic E-state index is 11.4. The highest BCUT2D eigenvalue weighted by atomic mass is 16.5. The number of allylic oxidation sites excluding steroid dienone is 2. The van der Waals surface area contributed by atoms with Crippen molar-refractivity contribution < 1.29 is 14.6 Å². The first-order chi connectivity index (χ1) is 13.1. The fourth-order valence-electron chi connectivity index (χ4n) is 4.36. The minimum atomic E-state index is -0.495. The molecule has 2 fully saturated rings. The van der Waals surface area contributed by atoms with Crippen molar-refractivity contribution >= 4 is 5.78 Å². The minimum Gasteiger partial charge on any atom is -0.388 e. The lowest BCUT2D eigenvalue weighted by atomic mass is 9.77. The Balaban J connectivity index is 1.60. The Bertz CT molecular complexity index is 663. The highest BCUT2D eigenvalue weighted by Crippen LogP contribution is 2.46. The van der Waals surface area contributed by atoms with E-state index in [-0.39, 0.29) is 17.8 Å². The first-order valence-corrected chi connectivity index (χ1v) is 10.3. The predicted octanol–water partition coefficient (Wildman–Crippen LogP) is 4.82. The van der Waals surface area contributed by atoms with Crippen LogP contribution in [0, 0.1) is 11.8 Å². The molecule has 146 valence electrons. The second kappa shape index (κ2) is 9.48.